The molecule has 0 saturated heterocycles. The molecule has 0 unspecified atom stereocenters. The maximum atomic E-state index is 11.0. The zero-order chi connectivity index (χ0) is 14.8. The number of hydrogen-bond acceptors (Lipinski definition) is 6. The van der Waals surface area contributed by atoms with Crippen LogP contribution in [0.5, 0.6) is 0 Å². The summed E-state index contributed by atoms with van der Waals surface area (Å²) in [5.41, 5.74) is 3.04. The molecule has 3 rings (SSSR count). The molecular weight excluding hydrogens is 272 g/mol. The molecule has 1 N–H and O–H groups in total. The number of nitro groups is 1. The standard InChI is InChI=1S/C13H10N6O2/c1-8-6-9(4-5-14-8)11-3-2-10(19(20)21)7-12(11)13-15-17-18-16-13/h2-7H,1H3,(H,15,16,17,18). The maximum absolute atomic E-state index is 11.0. The van der Waals surface area contributed by atoms with Crippen LogP contribution in [0.3, 0.4) is 0 Å². The minimum Gasteiger partial charge on any atom is -0.262 e. The molecule has 0 saturated carbocycles. The molecule has 21 heavy (non-hydrogen) atoms. The third kappa shape index (κ3) is 2.46. The van der Waals surface area contributed by atoms with Crippen molar-refractivity contribution in [2.45, 2.75) is 6.92 Å². The van der Waals surface area contributed by atoms with Crippen LogP contribution in [0.4, 0.5) is 5.69 Å². The molecule has 1 aromatic carbocycles. The number of benzene rings is 1. The van der Waals surface area contributed by atoms with E-state index in [1.54, 1.807) is 12.3 Å². The van der Waals surface area contributed by atoms with E-state index < -0.39 is 4.92 Å². The van der Waals surface area contributed by atoms with Gasteiger partial charge in [-0.2, -0.15) is 5.21 Å². The van der Waals surface area contributed by atoms with E-state index in [1.807, 2.05) is 19.1 Å². The highest BCUT2D eigenvalue weighted by Crippen LogP contribution is 2.32. The van der Waals surface area contributed by atoms with Crippen LogP contribution in [0.1, 0.15) is 5.69 Å². The lowest BCUT2D eigenvalue weighted by Crippen LogP contribution is -1.93. The molecule has 0 amide bonds. The van der Waals surface area contributed by atoms with Crippen molar-refractivity contribution < 1.29 is 4.92 Å². The Morgan fingerprint density at radius 1 is 1.19 bits per heavy atom. The minimum absolute atomic E-state index is 0.0238. The summed E-state index contributed by atoms with van der Waals surface area (Å²) in [6.45, 7) is 1.88. The van der Waals surface area contributed by atoms with Gasteiger partial charge in [0.1, 0.15) is 0 Å². The third-order valence-corrected chi connectivity index (χ3v) is 3.01. The Bertz CT molecular complexity index is 800. The van der Waals surface area contributed by atoms with Crippen LogP contribution in [0.15, 0.2) is 36.5 Å². The number of aryl methyl sites for hydroxylation is 1. The first-order chi connectivity index (χ1) is 10.1. The number of rotatable bonds is 3. The second kappa shape index (κ2) is 5.08. The highest BCUT2D eigenvalue weighted by atomic mass is 16.6. The predicted molar refractivity (Wildman–Crippen MR) is 74.2 cm³/mol. The quantitative estimate of drug-likeness (QED) is 0.582. The third-order valence-electron chi connectivity index (χ3n) is 3.01. The number of tetrazole rings is 1. The number of nitrogens with zero attached hydrogens (tertiary/aromatic N) is 5. The number of hydrogen-bond donors (Lipinski definition) is 1. The maximum Gasteiger partial charge on any atom is 0.270 e. The molecule has 104 valence electrons. The van der Waals surface area contributed by atoms with Crippen LogP contribution in [0.25, 0.3) is 22.5 Å². The summed E-state index contributed by atoms with van der Waals surface area (Å²) in [7, 11) is 0. The molecular formula is C13H10N6O2. The van der Waals surface area contributed by atoms with E-state index in [4.69, 9.17) is 0 Å². The summed E-state index contributed by atoms with van der Waals surface area (Å²) in [6.07, 6.45) is 1.69. The normalized spacial score (nSPS) is 10.5. The van der Waals surface area contributed by atoms with Crippen LogP contribution in [-0.4, -0.2) is 30.5 Å². The van der Waals surface area contributed by atoms with E-state index >= 15 is 0 Å². The van der Waals surface area contributed by atoms with Gasteiger partial charge in [-0.05, 0) is 41.5 Å². The average molecular weight is 282 g/mol. The molecule has 0 bridgehead atoms. The Morgan fingerprint density at radius 2 is 2.05 bits per heavy atom. The van der Waals surface area contributed by atoms with E-state index in [-0.39, 0.29) is 5.69 Å². The summed E-state index contributed by atoms with van der Waals surface area (Å²) in [5.74, 6) is 0.308. The van der Waals surface area contributed by atoms with Crippen molar-refractivity contribution in [1.82, 2.24) is 25.6 Å². The number of nitrogens with one attached hydrogen (secondary N) is 1. The number of H-pyrrole nitrogens is 1. The number of nitro benzene ring substituents is 1. The lowest BCUT2D eigenvalue weighted by molar-refractivity contribution is -0.384. The Morgan fingerprint density at radius 3 is 2.71 bits per heavy atom. The lowest BCUT2D eigenvalue weighted by Gasteiger charge is -2.07. The zero-order valence-electron chi connectivity index (χ0n) is 11.0. The monoisotopic (exact) mass is 282 g/mol. The van der Waals surface area contributed by atoms with E-state index in [0.29, 0.717) is 11.4 Å². The summed E-state index contributed by atoms with van der Waals surface area (Å²) < 4.78 is 0. The lowest BCUT2D eigenvalue weighted by atomic mass is 9.99. The largest absolute Gasteiger partial charge is 0.270 e. The summed E-state index contributed by atoms with van der Waals surface area (Å²) in [6, 6.07) is 8.30. The predicted octanol–water partition coefficient (Wildman–Crippen LogP) is 2.15. The van der Waals surface area contributed by atoms with Gasteiger partial charge in [0.2, 0.25) is 5.82 Å². The highest BCUT2D eigenvalue weighted by molar-refractivity contribution is 5.82. The first kappa shape index (κ1) is 12.9. The van der Waals surface area contributed by atoms with Crippen LogP contribution >= 0.6 is 0 Å². The molecule has 0 spiro atoms. The molecule has 3 aromatic rings. The van der Waals surface area contributed by atoms with Crippen molar-refractivity contribution in [2.75, 3.05) is 0 Å². The summed E-state index contributed by atoms with van der Waals surface area (Å²) in [4.78, 5) is 14.6. The van der Waals surface area contributed by atoms with Crippen LogP contribution in [-0.2, 0) is 0 Å². The van der Waals surface area contributed by atoms with Crippen LogP contribution < -0.4 is 0 Å². The molecule has 0 aliphatic heterocycles. The Hall–Kier alpha value is -3.16. The van der Waals surface area contributed by atoms with E-state index in [2.05, 4.69) is 25.6 Å². The number of aromatic amines is 1. The number of non-ortho nitro benzene ring substituents is 1. The molecule has 2 aromatic heterocycles. The van der Waals surface area contributed by atoms with Gasteiger partial charge in [0.25, 0.3) is 5.69 Å². The van der Waals surface area contributed by atoms with Gasteiger partial charge in [0, 0.05) is 29.6 Å². The summed E-state index contributed by atoms with van der Waals surface area (Å²) in [5, 5.41) is 24.6. The fourth-order valence-electron chi connectivity index (χ4n) is 2.07. The van der Waals surface area contributed by atoms with Crippen molar-refractivity contribution in [3.8, 4) is 22.5 Å². The Labute approximate surface area is 119 Å². The summed E-state index contributed by atoms with van der Waals surface area (Å²) >= 11 is 0. The van der Waals surface area contributed by atoms with Gasteiger partial charge >= 0.3 is 0 Å². The molecule has 8 heteroatoms. The molecule has 0 aliphatic carbocycles. The topological polar surface area (TPSA) is 110 Å². The van der Waals surface area contributed by atoms with Gasteiger partial charge in [-0.15, -0.1) is 10.2 Å². The van der Waals surface area contributed by atoms with Gasteiger partial charge in [-0.1, -0.05) is 0 Å². The second-order valence-electron chi connectivity index (χ2n) is 4.41. The van der Waals surface area contributed by atoms with Crippen LogP contribution in [0, 0.1) is 17.0 Å². The minimum atomic E-state index is -0.453. The van der Waals surface area contributed by atoms with Gasteiger partial charge in [0.15, 0.2) is 0 Å². The smallest absolute Gasteiger partial charge is 0.262 e. The van der Waals surface area contributed by atoms with Crippen molar-refractivity contribution in [1.29, 1.82) is 0 Å². The second-order valence-corrected chi connectivity index (χ2v) is 4.41. The first-order valence-corrected chi connectivity index (χ1v) is 6.10. The van der Waals surface area contributed by atoms with Crippen molar-refractivity contribution >= 4 is 5.69 Å². The zero-order valence-corrected chi connectivity index (χ0v) is 11.0. The van der Waals surface area contributed by atoms with Gasteiger partial charge in [0.05, 0.1) is 4.92 Å². The van der Waals surface area contributed by atoms with Crippen molar-refractivity contribution in [3.63, 3.8) is 0 Å². The Balaban J connectivity index is 2.23. The van der Waals surface area contributed by atoms with E-state index in [9.17, 15) is 10.1 Å². The number of aromatic nitrogens is 5. The highest BCUT2D eigenvalue weighted by Gasteiger charge is 2.16. The fraction of sp³-hybridized carbons (Fsp3) is 0.0769. The molecule has 2 heterocycles. The molecule has 0 radical (unpaired) electrons. The van der Waals surface area contributed by atoms with Gasteiger partial charge in [-0.3, -0.25) is 15.1 Å². The fourth-order valence-corrected chi connectivity index (χ4v) is 2.07. The van der Waals surface area contributed by atoms with Crippen molar-refractivity contribution in [3.05, 3.63) is 52.3 Å². The van der Waals surface area contributed by atoms with Crippen molar-refractivity contribution in [2.24, 2.45) is 0 Å². The molecule has 0 aliphatic rings. The number of pyridine rings is 1. The van der Waals surface area contributed by atoms with Gasteiger partial charge in [-0.25, -0.2) is 0 Å². The Kier molecular flexibility index (Phi) is 3.11. The first-order valence-electron chi connectivity index (χ1n) is 6.10. The average Bonchev–Trinajstić information content (AvgIpc) is 3.00. The molecule has 0 fully saturated rings. The van der Waals surface area contributed by atoms with E-state index in [1.165, 1.54) is 12.1 Å². The van der Waals surface area contributed by atoms with E-state index in [0.717, 1.165) is 16.8 Å². The SMILES string of the molecule is Cc1cc(-c2ccc([N+](=O)[O-])cc2-c2nn[nH]n2)ccn1. The molecule has 0 atom stereocenters. The van der Waals surface area contributed by atoms with Crippen LogP contribution in [0.2, 0.25) is 0 Å². The molecule has 8 nitrogen and oxygen atoms in total. The van der Waals surface area contributed by atoms with Gasteiger partial charge < -0.3 is 0 Å².